The van der Waals surface area contributed by atoms with Gasteiger partial charge in [0.25, 0.3) is 0 Å². The van der Waals surface area contributed by atoms with Gasteiger partial charge in [0, 0.05) is 5.69 Å². The van der Waals surface area contributed by atoms with Crippen LogP contribution in [0.3, 0.4) is 0 Å². The van der Waals surface area contributed by atoms with Crippen molar-refractivity contribution in [3.8, 4) is 0 Å². The maximum atomic E-state index is 11.9. The minimum Gasteiger partial charge on any atom is -0.467 e. The third-order valence-electron chi connectivity index (χ3n) is 3.71. The molecule has 0 bridgehead atoms. The van der Waals surface area contributed by atoms with Gasteiger partial charge in [0.2, 0.25) is 5.91 Å². The van der Waals surface area contributed by atoms with Gasteiger partial charge in [0.1, 0.15) is 6.61 Å². The average Bonchev–Trinajstić information content (AvgIpc) is 2.68. The van der Waals surface area contributed by atoms with Crippen LogP contribution in [0.2, 0.25) is 0 Å². The van der Waals surface area contributed by atoms with Crippen LogP contribution in [-0.2, 0) is 24.5 Å². The highest BCUT2D eigenvalue weighted by atomic mass is 16.6. The highest BCUT2D eigenvalue weighted by molar-refractivity contribution is 6.05. The van der Waals surface area contributed by atoms with Crippen molar-refractivity contribution < 1.29 is 19.1 Å². The molecule has 0 spiro atoms. The van der Waals surface area contributed by atoms with E-state index in [2.05, 4.69) is 10.1 Å². The molecule has 1 atom stereocenters. The zero-order valence-electron chi connectivity index (χ0n) is 12.4. The van der Waals surface area contributed by atoms with Gasteiger partial charge >= 0.3 is 5.97 Å². The number of anilines is 1. The fraction of sp³-hybridized carbons (Fsp3) is 0.467. The highest BCUT2D eigenvalue weighted by Crippen LogP contribution is 2.38. The van der Waals surface area contributed by atoms with Crippen LogP contribution in [0.1, 0.15) is 31.0 Å². The van der Waals surface area contributed by atoms with Crippen molar-refractivity contribution in [3.63, 3.8) is 0 Å². The Morgan fingerprint density at radius 2 is 2.14 bits per heavy atom. The number of amides is 1. The summed E-state index contributed by atoms with van der Waals surface area (Å²) in [5, 5.41) is 2.85. The minimum atomic E-state index is -0.571. The molecule has 1 heterocycles. The van der Waals surface area contributed by atoms with Gasteiger partial charge in [-0.15, -0.1) is 0 Å². The van der Waals surface area contributed by atoms with Gasteiger partial charge in [-0.1, -0.05) is 12.1 Å². The van der Waals surface area contributed by atoms with Crippen LogP contribution in [0.25, 0.3) is 0 Å². The van der Waals surface area contributed by atoms with Crippen molar-refractivity contribution in [3.05, 3.63) is 29.3 Å². The number of rotatable bonds is 5. The molecule has 0 fully saturated rings. The molecule has 114 valence electrons. The summed E-state index contributed by atoms with van der Waals surface area (Å²) in [5.74, 6) is -0.461. The predicted molar refractivity (Wildman–Crippen MR) is 77.9 cm³/mol. The van der Waals surface area contributed by atoms with Crippen LogP contribution >= 0.6 is 0 Å². The van der Waals surface area contributed by atoms with Gasteiger partial charge in [-0.05, 0) is 31.0 Å². The third-order valence-corrected chi connectivity index (χ3v) is 3.71. The Morgan fingerprint density at radius 3 is 2.81 bits per heavy atom. The normalized spacial score (nSPS) is 17.0. The molecule has 1 amide bonds. The van der Waals surface area contributed by atoms with Crippen LogP contribution in [0.15, 0.2) is 18.2 Å². The van der Waals surface area contributed by atoms with E-state index in [1.54, 1.807) is 0 Å². The van der Waals surface area contributed by atoms with Crippen molar-refractivity contribution in [2.24, 2.45) is 5.73 Å². The molecule has 0 saturated heterocycles. The fourth-order valence-corrected chi connectivity index (χ4v) is 2.24. The Bertz CT molecular complexity index is 569. The Balaban J connectivity index is 2.07. The first-order valence-corrected chi connectivity index (χ1v) is 6.72. The van der Waals surface area contributed by atoms with Crippen LogP contribution in [0, 0.1) is 0 Å². The number of ether oxygens (including phenoxy) is 2. The van der Waals surface area contributed by atoms with E-state index in [1.165, 1.54) is 7.11 Å². The molecule has 1 aromatic rings. The number of methoxy groups -OCH3 is 1. The lowest BCUT2D eigenvalue weighted by Gasteiger charge is -2.18. The summed E-state index contributed by atoms with van der Waals surface area (Å²) in [6.07, 6.45) is 0. The van der Waals surface area contributed by atoms with E-state index in [-0.39, 0.29) is 25.2 Å². The monoisotopic (exact) mass is 292 g/mol. The molecule has 0 radical (unpaired) electrons. The summed E-state index contributed by atoms with van der Waals surface area (Å²) in [6, 6.07) is 5.25. The van der Waals surface area contributed by atoms with Gasteiger partial charge in [0.05, 0.1) is 25.2 Å². The quantitative estimate of drug-likeness (QED) is 0.793. The van der Waals surface area contributed by atoms with Crippen LogP contribution in [-0.4, -0.2) is 32.2 Å². The van der Waals surface area contributed by atoms with Gasteiger partial charge in [-0.25, -0.2) is 4.79 Å². The summed E-state index contributed by atoms with van der Waals surface area (Å²) in [5.41, 5.74) is 8.09. The van der Waals surface area contributed by atoms with Crippen molar-refractivity contribution >= 4 is 17.6 Å². The SMILES string of the molecule is COC(=O)COCC(N)c1ccc2c(c1)C(C)(C)C(=O)N2. The molecule has 1 unspecified atom stereocenters. The number of nitrogens with one attached hydrogen (secondary N) is 1. The first-order chi connectivity index (χ1) is 9.86. The van der Waals surface area contributed by atoms with Gasteiger partial charge in [-0.3, -0.25) is 4.79 Å². The fourth-order valence-electron chi connectivity index (χ4n) is 2.24. The van der Waals surface area contributed by atoms with E-state index in [0.717, 1.165) is 16.8 Å². The van der Waals surface area contributed by atoms with Crippen LogP contribution in [0.5, 0.6) is 0 Å². The molecule has 21 heavy (non-hydrogen) atoms. The molecule has 1 aliphatic heterocycles. The standard InChI is InChI=1S/C15H20N2O4/c1-15(2)10-6-9(4-5-12(10)17-14(15)19)11(16)7-21-8-13(18)20-3/h4-6,11H,7-8,16H2,1-3H3,(H,17,19). The first kappa shape index (κ1) is 15.5. The maximum absolute atomic E-state index is 11.9. The average molecular weight is 292 g/mol. The van der Waals surface area contributed by atoms with Crippen LogP contribution < -0.4 is 11.1 Å². The molecule has 6 nitrogen and oxygen atoms in total. The third kappa shape index (κ3) is 3.06. The number of carbonyl (C=O) groups excluding carboxylic acids is 2. The van der Waals surface area contributed by atoms with E-state index >= 15 is 0 Å². The number of benzene rings is 1. The molecule has 0 saturated carbocycles. The minimum absolute atomic E-state index is 0.0230. The molecule has 0 aliphatic carbocycles. The lowest BCUT2D eigenvalue weighted by molar-refractivity contribution is -0.146. The summed E-state index contributed by atoms with van der Waals surface area (Å²) < 4.78 is 9.70. The Morgan fingerprint density at radius 1 is 1.43 bits per heavy atom. The summed E-state index contributed by atoms with van der Waals surface area (Å²) in [7, 11) is 1.30. The number of esters is 1. The maximum Gasteiger partial charge on any atom is 0.331 e. The smallest absolute Gasteiger partial charge is 0.331 e. The zero-order chi connectivity index (χ0) is 15.6. The lowest BCUT2D eigenvalue weighted by Crippen LogP contribution is -2.27. The summed E-state index contributed by atoms with van der Waals surface area (Å²) in [4.78, 5) is 22.9. The van der Waals surface area contributed by atoms with Gasteiger partial charge in [-0.2, -0.15) is 0 Å². The summed E-state index contributed by atoms with van der Waals surface area (Å²) in [6.45, 7) is 3.82. The van der Waals surface area contributed by atoms with Crippen molar-refractivity contribution in [1.82, 2.24) is 0 Å². The Labute approximate surface area is 123 Å². The van der Waals surface area contributed by atoms with Crippen molar-refractivity contribution in [2.75, 3.05) is 25.6 Å². The number of fused-ring (bicyclic) bond motifs is 1. The second-order valence-corrected chi connectivity index (χ2v) is 5.58. The topological polar surface area (TPSA) is 90.7 Å². The molecule has 1 aliphatic rings. The summed E-state index contributed by atoms with van der Waals surface area (Å²) >= 11 is 0. The molecule has 3 N–H and O–H groups in total. The number of nitrogens with two attached hydrogens (primary N) is 1. The number of carbonyl (C=O) groups is 2. The number of hydrogen-bond acceptors (Lipinski definition) is 5. The van der Waals surface area contributed by atoms with Gasteiger partial charge in [0.15, 0.2) is 0 Å². The number of hydrogen-bond donors (Lipinski definition) is 2. The second kappa shape index (κ2) is 5.83. The van der Waals surface area contributed by atoms with E-state index in [4.69, 9.17) is 10.5 Å². The predicted octanol–water partition coefficient (Wildman–Crippen LogP) is 1.11. The molecule has 6 heteroatoms. The van der Waals surface area contributed by atoms with E-state index in [1.807, 2.05) is 32.0 Å². The highest BCUT2D eigenvalue weighted by Gasteiger charge is 2.38. The largest absolute Gasteiger partial charge is 0.467 e. The lowest BCUT2D eigenvalue weighted by atomic mass is 9.85. The van der Waals surface area contributed by atoms with E-state index in [0.29, 0.717) is 0 Å². The van der Waals surface area contributed by atoms with Crippen LogP contribution in [0.4, 0.5) is 5.69 Å². The Kier molecular flexibility index (Phi) is 4.29. The zero-order valence-corrected chi connectivity index (χ0v) is 12.4. The molecule has 1 aromatic carbocycles. The molecule has 0 aromatic heterocycles. The molecular formula is C15H20N2O4. The van der Waals surface area contributed by atoms with E-state index < -0.39 is 11.4 Å². The molecular weight excluding hydrogens is 272 g/mol. The van der Waals surface area contributed by atoms with E-state index in [9.17, 15) is 9.59 Å². The van der Waals surface area contributed by atoms with Crippen molar-refractivity contribution in [1.29, 1.82) is 0 Å². The molecule has 2 rings (SSSR count). The van der Waals surface area contributed by atoms with Crippen molar-refractivity contribution in [2.45, 2.75) is 25.3 Å². The Hall–Kier alpha value is -1.92. The van der Waals surface area contributed by atoms with Gasteiger partial charge < -0.3 is 20.5 Å². The second-order valence-electron chi connectivity index (χ2n) is 5.58. The first-order valence-electron chi connectivity index (χ1n) is 6.72.